The van der Waals surface area contributed by atoms with E-state index in [-0.39, 0.29) is 10.6 Å². The normalized spacial score (nSPS) is 12.3. The SMILES string of the molecule is Nn1onc(Cl)c1=NO. The van der Waals surface area contributed by atoms with E-state index < -0.39 is 0 Å². The van der Waals surface area contributed by atoms with Crippen molar-refractivity contribution in [2.45, 2.75) is 0 Å². The molecule has 9 heavy (non-hydrogen) atoms. The molecule has 0 atom stereocenters. The third-order valence-electron chi connectivity index (χ3n) is 0.697. The van der Waals surface area contributed by atoms with Gasteiger partial charge in [-0.15, -0.1) is 0 Å². The van der Waals surface area contributed by atoms with Crippen molar-refractivity contribution in [2.24, 2.45) is 5.16 Å². The lowest BCUT2D eigenvalue weighted by Crippen LogP contribution is -2.23. The third kappa shape index (κ3) is 0.833. The van der Waals surface area contributed by atoms with Crippen molar-refractivity contribution in [3.63, 3.8) is 0 Å². The molecule has 1 aromatic rings. The number of halogens is 1. The van der Waals surface area contributed by atoms with Crippen LogP contribution in [0.3, 0.4) is 0 Å². The molecule has 0 saturated heterocycles. The Kier molecular flexibility index (Phi) is 1.31. The topological polar surface area (TPSA) is 89.6 Å². The van der Waals surface area contributed by atoms with Crippen molar-refractivity contribution >= 4 is 11.6 Å². The summed E-state index contributed by atoms with van der Waals surface area (Å²) in [6.07, 6.45) is 0. The van der Waals surface area contributed by atoms with E-state index >= 15 is 0 Å². The van der Waals surface area contributed by atoms with Crippen molar-refractivity contribution in [3.8, 4) is 0 Å². The smallest absolute Gasteiger partial charge is 0.268 e. The molecule has 0 aromatic carbocycles. The van der Waals surface area contributed by atoms with Crippen LogP contribution >= 0.6 is 11.6 Å². The van der Waals surface area contributed by atoms with Crippen LogP contribution in [0.4, 0.5) is 0 Å². The lowest BCUT2D eigenvalue weighted by molar-refractivity contribution is 0.216. The van der Waals surface area contributed by atoms with Gasteiger partial charge in [-0.25, -0.2) is 4.63 Å². The molecule has 7 heteroatoms. The number of hydrogen-bond acceptors (Lipinski definition) is 5. The average molecular weight is 151 g/mol. The first-order valence-corrected chi connectivity index (χ1v) is 2.31. The molecule has 0 amide bonds. The van der Waals surface area contributed by atoms with Crippen LogP contribution in [-0.2, 0) is 0 Å². The van der Waals surface area contributed by atoms with E-state index in [4.69, 9.17) is 22.7 Å². The van der Waals surface area contributed by atoms with Crippen LogP contribution in [0.5, 0.6) is 0 Å². The lowest BCUT2D eigenvalue weighted by atomic mass is 10.9. The first kappa shape index (κ1) is 5.96. The van der Waals surface area contributed by atoms with Gasteiger partial charge in [0.15, 0.2) is 0 Å². The lowest BCUT2D eigenvalue weighted by Gasteiger charge is -1.79. The first-order valence-electron chi connectivity index (χ1n) is 1.93. The molecule has 0 aliphatic rings. The second kappa shape index (κ2) is 1.98. The zero-order chi connectivity index (χ0) is 6.85. The largest absolute Gasteiger partial charge is 0.409 e. The van der Waals surface area contributed by atoms with Gasteiger partial charge in [0.25, 0.3) is 5.49 Å². The Morgan fingerprint density at radius 3 is 2.78 bits per heavy atom. The van der Waals surface area contributed by atoms with Gasteiger partial charge in [0, 0.05) is 0 Å². The van der Waals surface area contributed by atoms with E-state index in [0.29, 0.717) is 4.85 Å². The summed E-state index contributed by atoms with van der Waals surface area (Å²) >= 11 is 5.29. The summed E-state index contributed by atoms with van der Waals surface area (Å²) < 4.78 is 4.24. The standard InChI is InChI=1S/C2H3ClN4O2/c3-1-2(5-8)7(4)9-6-1/h8H,4H2. The van der Waals surface area contributed by atoms with Crippen LogP contribution in [-0.4, -0.2) is 15.2 Å². The van der Waals surface area contributed by atoms with Gasteiger partial charge in [-0.05, 0) is 5.16 Å². The Balaban J connectivity index is 3.42. The van der Waals surface area contributed by atoms with Crippen LogP contribution in [0.25, 0.3) is 0 Å². The van der Waals surface area contributed by atoms with Crippen LogP contribution in [0, 0.1) is 0 Å². The molecule has 0 saturated carbocycles. The highest BCUT2D eigenvalue weighted by molar-refractivity contribution is 6.29. The predicted molar refractivity (Wildman–Crippen MR) is 27.0 cm³/mol. The molecule has 1 rings (SSSR count). The van der Waals surface area contributed by atoms with Crippen LogP contribution in [0.2, 0.25) is 5.15 Å². The molecule has 1 heterocycles. The van der Waals surface area contributed by atoms with Crippen molar-refractivity contribution < 1.29 is 9.84 Å². The number of rotatable bonds is 0. The van der Waals surface area contributed by atoms with Gasteiger partial charge < -0.3 is 11.0 Å². The minimum Gasteiger partial charge on any atom is -0.409 e. The van der Waals surface area contributed by atoms with Crippen molar-refractivity contribution in [1.29, 1.82) is 0 Å². The summed E-state index contributed by atoms with van der Waals surface area (Å²) in [5.74, 6) is 5.00. The molecule has 0 bridgehead atoms. The zero-order valence-corrected chi connectivity index (χ0v) is 4.91. The molecule has 3 N–H and O–H groups in total. The minimum absolute atomic E-state index is 0.0833. The second-order valence-electron chi connectivity index (χ2n) is 1.21. The predicted octanol–water partition coefficient (Wildman–Crippen LogP) is -0.867. The summed E-state index contributed by atoms with van der Waals surface area (Å²) in [7, 11) is 0. The fraction of sp³-hybridized carbons (Fsp3) is 0. The molecule has 50 valence electrons. The molecule has 1 aromatic heterocycles. The molecule has 0 aliphatic heterocycles. The maximum Gasteiger partial charge on any atom is 0.268 e. The van der Waals surface area contributed by atoms with Gasteiger partial charge in [0.2, 0.25) is 5.15 Å². The summed E-state index contributed by atoms with van der Waals surface area (Å²) in [5.41, 5.74) is -0.114. The van der Waals surface area contributed by atoms with Gasteiger partial charge >= 0.3 is 0 Å². The van der Waals surface area contributed by atoms with Crippen molar-refractivity contribution in [3.05, 3.63) is 10.6 Å². The molecular formula is C2H3ClN4O2. The first-order chi connectivity index (χ1) is 4.25. The van der Waals surface area contributed by atoms with E-state index in [1.165, 1.54) is 0 Å². The van der Waals surface area contributed by atoms with Crippen molar-refractivity contribution in [1.82, 2.24) is 10.0 Å². The van der Waals surface area contributed by atoms with Crippen molar-refractivity contribution in [2.75, 3.05) is 5.84 Å². The molecule has 6 nitrogen and oxygen atoms in total. The molecular weight excluding hydrogens is 148 g/mol. The molecule has 0 fully saturated rings. The van der Waals surface area contributed by atoms with Crippen LogP contribution in [0.1, 0.15) is 0 Å². The number of hydrogen-bond donors (Lipinski definition) is 2. The van der Waals surface area contributed by atoms with Gasteiger partial charge in [-0.3, -0.25) is 0 Å². The Morgan fingerprint density at radius 2 is 2.56 bits per heavy atom. The summed E-state index contributed by atoms with van der Waals surface area (Å²) in [5, 5.41) is 13.9. The average Bonchev–Trinajstić information content (AvgIpc) is 2.12. The fourth-order valence-corrected chi connectivity index (χ4v) is 0.488. The second-order valence-corrected chi connectivity index (χ2v) is 1.57. The van der Waals surface area contributed by atoms with Crippen LogP contribution in [0.15, 0.2) is 9.78 Å². The van der Waals surface area contributed by atoms with Gasteiger partial charge in [0.05, 0.1) is 0 Å². The third-order valence-corrected chi connectivity index (χ3v) is 0.935. The quantitative estimate of drug-likeness (QED) is 0.286. The highest BCUT2D eigenvalue weighted by Crippen LogP contribution is 1.91. The number of nitrogens with zero attached hydrogens (tertiary/aromatic N) is 3. The zero-order valence-electron chi connectivity index (χ0n) is 4.15. The van der Waals surface area contributed by atoms with E-state index in [1.807, 2.05) is 0 Å². The minimum atomic E-state index is -0.114. The number of nitrogens with two attached hydrogens (primary N) is 1. The molecule has 0 unspecified atom stereocenters. The molecule has 0 spiro atoms. The maximum absolute atomic E-state index is 8.13. The Hall–Kier alpha value is -1.17. The Bertz CT molecular complexity index is 239. The van der Waals surface area contributed by atoms with E-state index in [0.717, 1.165) is 0 Å². The van der Waals surface area contributed by atoms with E-state index in [1.54, 1.807) is 0 Å². The highest BCUT2D eigenvalue weighted by atomic mass is 35.5. The number of aromatic nitrogens is 2. The van der Waals surface area contributed by atoms with Gasteiger partial charge in [-0.2, -0.15) is 0 Å². The maximum atomic E-state index is 8.13. The van der Waals surface area contributed by atoms with E-state index in [9.17, 15) is 0 Å². The van der Waals surface area contributed by atoms with Gasteiger partial charge in [-0.1, -0.05) is 21.6 Å². The summed E-state index contributed by atoms with van der Waals surface area (Å²) in [6.45, 7) is 0. The summed E-state index contributed by atoms with van der Waals surface area (Å²) in [6, 6.07) is 0. The summed E-state index contributed by atoms with van der Waals surface area (Å²) in [4.78, 5) is 0.641. The number of nitrogen functional groups attached to an aromatic ring is 1. The molecule has 0 aliphatic carbocycles. The van der Waals surface area contributed by atoms with Crippen LogP contribution < -0.4 is 11.3 Å². The Morgan fingerprint density at radius 1 is 1.89 bits per heavy atom. The fourth-order valence-electron chi connectivity index (χ4n) is 0.336. The highest BCUT2D eigenvalue weighted by Gasteiger charge is 2.01. The Labute approximate surface area is 54.0 Å². The van der Waals surface area contributed by atoms with E-state index in [2.05, 4.69) is 14.9 Å². The molecule has 0 radical (unpaired) electrons. The van der Waals surface area contributed by atoms with Gasteiger partial charge in [0.1, 0.15) is 0 Å². The monoisotopic (exact) mass is 150 g/mol.